The summed E-state index contributed by atoms with van der Waals surface area (Å²) in [7, 11) is -4.47. The van der Waals surface area contributed by atoms with Gasteiger partial charge in [0.25, 0.3) is 0 Å². The Hall–Kier alpha value is -0.460. The highest BCUT2D eigenvalue weighted by molar-refractivity contribution is 7.80. The fraction of sp³-hybridized carbons (Fsp3) is 0.900. The van der Waals surface area contributed by atoms with E-state index >= 15 is 0 Å². The maximum absolute atomic E-state index is 11.9. The van der Waals surface area contributed by atoms with Gasteiger partial charge in [0.1, 0.15) is 5.78 Å². The van der Waals surface area contributed by atoms with E-state index in [-0.39, 0.29) is 17.8 Å². The molecule has 2 aliphatic carbocycles. The van der Waals surface area contributed by atoms with Crippen molar-refractivity contribution in [2.75, 3.05) is 6.61 Å². The lowest BCUT2D eigenvalue weighted by Crippen LogP contribution is -2.40. The summed E-state index contributed by atoms with van der Waals surface area (Å²) in [6, 6.07) is 0. The molecule has 0 aromatic carbocycles. The molecule has 0 spiro atoms. The summed E-state index contributed by atoms with van der Waals surface area (Å²) >= 11 is 0. The average molecular weight is 248 g/mol. The molecule has 2 saturated carbocycles. The van der Waals surface area contributed by atoms with Gasteiger partial charge in [-0.1, -0.05) is 13.8 Å². The van der Waals surface area contributed by atoms with Crippen molar-refractivity contribution in [2.45, 2.75) is 33.1 Å². The molecular formula is C10H16O5S. The average Bonchev–Trinajstić information content (AvgIpc) is 2.46. The molecule has 0 radical (unpaired) electrons. The Kier molecular flexibility index (Phi) is 2.46. The molecule has 2 aliphatic rings. The van der Waals surface area contributed by atoms with Gasteiger partial charge in [-0.25, -0.2) is 4.18 Å². The Morgan fingerprint density at radius 3 is 2.50 bits per heavy atom. The third-order valence-corrected chi connectivity index (χ3v) is 5.01. The van der Waals surface area contributed by atoms with Gasteiger partial charge in [0, 0.05) is 6.42 Å². The van der Waals surface area contributed by atoms with E-state index in [0.29, 0.717) is 18.8 Å². The van der Waals surface area contributed by atoms with Crippen LogP contribution in [0.15, 0.2) is 0 Å². The van der Waals surface area contributed by atoms with Crippen LogP contribution >= 0.6 is 0 Å². The van der Waals surface area contributed by atoms with E-state index < -0.39 is 15.8 Å². The number of fused-ring (bicyclic) bond motifs is 2. The van der Waals surface area contributed by atoms with E-state index in [2.05, 4.69) is 4.18 Å². The van der Waals surface area contributed by atoms with Crippen LogP contribution in [0.1, 0.15) is 33.1 Å². The smallest absolute Gasteiger partial charge is 0.299 e. The zero-order valence-corrected chi connectivity index (χ0v) is 10.2. The predicted molar refractivity (Wildman–Crippen MR) is 56.1 cm³/mol. The van der Waals surface area contributed by atoms with E-state index in [9.17, 15) is 13.2 Å². The van der Waals surface area contributed by atoms with Gasteiger partial charge in [-0.05, 0) is 24.2 Å². The first-order valence-electron chi connectivity index (χ1n) is 5.34. The topological polar surface area (TPSA) is 80.7 Å². The molecule has 2 fully saturated rings. The normalized spacial score (nSPS) is 36.9. The largest absolute Gasteiger partial charge is 0.397 e. The zero-order valence-electron chi connectivity index (χ0n) is 9.39. The number of rotatable bonds is 3. The molecule has 2 rings (SSSR count). The van der Waals surface area contributed by atoms with Gasteiger partial charge in [0.2, 0.25) is 0 Å². The lowest BCUT2D eigenvalue weighted by Gasteiger charge is -2.35. The molecule has 0 heterocycles. The molecule has 1 N–H and O–H groups in total. The van der Waals surface area contributed by atoms with Crippen molar-refractivity contribution in [3.8, 4) is 0 Å². The molecule has 0 aromatic heterocycles. The van der Waals surface area contributed by atoms with Crippen LogP contribution in [0.3, 0.4) is 0 Å². The number of carbonyl (C=O) groups excluding carboxylic acids is 1. The van der Waals surface area contributed by atoms with E-state index in [1.165, 1.54) is 0 Å². The second-order valence-electron chi connectivity index (χ2n) is 5.36. The number of hydrogen-bond donors (Lipinski definition) is 1. The van der Waals surface area contributed by atoms with Crippen molar-refractivity contribution in [3.05, 3.63) is 0 Å². The van der Waals surface area contributed by atoms with Crippen LogP contribution in [-0.4, -0.2) is 25.4 Å². The van der Waals surface area contributed by atoms with E-state index in [1.54, 1.807) is 0 Å². The minimum absolute atomic E-state index is 0.0670. The number of ketones is 1. The van der Waals surface area contributed by atoms with Gasteiger partial charge in [-0.2, -0.15) is 8.42 Å². The Bertz CT molecular complexity index is 424. The van der Waals surface area contributed by atoms with Crippen LogP contribution in [0.2, 0.25) is 0 Å². The molecule has 2 bridgehead atoms. The van der Waals surface area contributed by atoms with Gasteiger partial charge < -0.3 is 0 Å². The minimum Gasteiger partial charge on any atom is -0.299 e. The first kappa shape index (κ1) is 12.0. The third kappa shape index (κ3) is 1.51. The molecule has 92 valence electrons. The molecular weight excluding hydrogens is 232 g/mol. The third-order valence-electron chi connectivity index (χ3n) is 4.59. The molecule has 6 heteroatoms. The fourth-order valence-electron chi connectivity index (χ4n) is 3.28. The Morgan fingerprint density at radius 2 is 2.12 bits per heavy atom. The fourth-order valence-corrected chi connectivity index (χ4v) is 3.63. The molecule has 2 atom stereocenters. The second-order valence-corrected chi connectivity index (χ2v) is 6.45. The first-order chi connectivity index (χ1) is 7.19. The lowest BCUT2D eigenvalue weighted by atomic mass is 9.69. The van der Waals surface area contributed by atoms with E-state index in [1.807, 2.05) is 13.8 Å². The van der Waals surface area contributed by atoms with Gasteiger partial charge in [0.05, 0.1) is 12.0 Å². The summed E-state index contributed by atoms with van der Waals surface area (Å²) in [5.74, 6) is 0.377. The molecule has 16 heavy (non-hydrogen) atoms. The van der Waals surface area contributed by atoms with Gasteiger partial charge in [-0.15, -0.1) is 0 Å². The van der Waals surface area contributed by atoms with Crippen LogP contribution in [0, 0.1) is 16.7 Å². The Labute approximate surface area is 95.1 Å². The summed E-state index contributed by atoms with van der Waals surface area (Å²) in [6.45, 7) is 3.72. The highest BCUT2D eigenvalue weighted by Gasteiger charge is 2.64. The maximum Gasteiger partial charge on any atom is 0.397 e. The van der Waals surface area contributed by atoms with Crippen molar-refractivity contribution in [1.29, 1.82) is 0 Å². The SMILES string of the molecule is CC1(C)C2CC[C@@]1(COS(=O)(=O)O)C(=O)C2. The van der Waals surface area contributed by atoms with Crippen LogP contribution < -0.4 is 0 Å². The predicted octanol–water partition coefficient (Wildman–Crippen LogP) is 1.20. The number of carbonyl (C=O) groups is 1. The standard InChI is InChI=1S/C10H16O5S/c1-9(2)7-3-4-10(9,8(11)5-7)6-15-16(12,13)14/h7H,3-6H2,1-2H3,(H,12,13,14)/t7?,10-/m1/s1. The van der Waals surface area contributed by atoms with E-state index in [4.69, 9.17) is 4.55 Å². The molecule has 5 nitrogen and oxygen atoms in total. The second kappa shape index (κ2) is 3.27. The molecule has 0 aromatic rings. The number of Topliss-reactive ketones (excluding diaryl/α,β-unsaturated/α-hetero) is 1. The Balaban J connectivity index is 2.26. The quantitative estimate of drug-likeness (QED) is 0.759. The minimum atomic E-state index is -4.47. The summed E-state index contributed by atoms with van der Waals surface area (Å²) in [5, 5.41) is 0. The summed E-state index contributed by atoms with van der Waals surface area (Å²) < 4.78 is 34.2. The van der Waals surface area contributed by atoms with Crippen molar-refractivity contribution in [1.82, 2.24) is 0 Å². The van der Waals surface area contributed by atoms with Crippen molar-refractivity contribution < 1.29 is 21.9 Å². The van der Waals surface area contributed by atoms with Crippen LogP contribution in [0.25, 0.3) is 0 Å². The summed E-state index contributed by atoms with van der Waals surface area (Å²) in [6.07, 6.45) is 2.08. The zero-order chi connectivity index (χ0) is 12.2. The molecule has 0 saturated heterocycles. The molecule has 0 aliphatic heterocycles. The highest BCUT2D eigenvalue weighted by Crippen LogP contribution is 2.63. The van der Waals surface area contributed by atoms with Crippen LogP contribution in [0.5, 0.6) is 0 Å². The van der Waals surface area contributed by atoms with Gasteiger partial charge >= 0.3 is 10.4 Å². The monoisotopic (exact) mass is 248 g/mol. The van der Waals surface area contributed by atoms with Crippen molar-refractivity contribution >= 4 is 16.2 Å². The van der Waals surface area contributed by atoms with Gasteiger partial charge in [0.15, 0.2) is 0 Å². The maximum atomic E-state index is 11.9. The first-order valence-corrected chi connectivity index (χ1v) is 6.71. The molecule has 0 amide bonds. The molecule has 1 unspecified atom stereocenters. The number of hydrogen-bond acceptors (Lipinski definition) is 4. The summed E-state index contributed by atoms with van der Waals surface area (Å²) in [4.78, 5) is 11.9. The summed E-state index contributed by atoms with van der Waals surface area (Å²) in [5.41, 5.74) is -0.970. The van der Waals surface area contributed by atoms with Crippen LogP contribution in [0.4, 0.5) is 0 Å². The van der Waals surface area contributed by atoms with Gasteiger partial charge in [-0.3, -0.25) is 9.35 Å². The Morgan fingerprint density at radius 1 is 1.50 bits per heavy atom. The lowest BCUT2D eigenvalue weighted by molar-refractivity contribution is -0.131. The van der Waals surface area contributed by atoms with E-state index in [0.717, 1.165) is 6.42 Å². The highest BCUT2D eigenvalue weighted by atomic mass is 32.3. The van der Waals surface area contributed by atoms with Crippen LogP contribution in [-0.2, 0) is 19.4 Å². The van der Waals surface area contributed by atoms with Crippen molar-refractivity contribution in [3.63, 3.8) is 0 Å². The van der Waals surface area contributed by atoms with Crippen molar-refractivity contribution in [2.24, 2.45) is 16.7 Å².